The van der Waals surface area contributed by atoms with Crippen molar-refractivity contribution in [1.82, 2.24) is 10.2 Å². The second-order valence-electron chi connectivity index (χ2n) is 10.7. The monoisotopic (exact) mass is 691 g/mol. The third-order valence-electron chi connectivity index (χ3n) is 7.84. The molecule has 2 amide bonds. The van der Waals surface area contributed by atoms with Gasteiger partial charge in [0.05, 0.1) is 17.2 Å². The second-order valence-corrected chi connectivity index (χ2v) is 14.3. The molecule has 0 spiro atoms. The van der Waals surface area contributed by atoms with Gasteiger partial charge < -0.3 is 15.0 Å². The lowest BCUT2D eigenvalue weighted by atomic mass is 10.1. The Morgan fingerprint density at radius 3 is 2.22 bits per heavy atom. The topological polar surface area (TPSA) is 96.0 Å². The molecule has 0 aliphatic heterocycles. The molecule has 1 N–H and O–H groups in total. The molecule has 1 fully saturated rings. The molecule has 1 saturated carbocycles. The van der Waals surface area contributed by atoms with Gasteiger partial charge >= 0.3 is 0 Å². The number of carbonyl (C=O) groups excluding carboxylic acids is 2. The van der Waals surface area contributed by atoms with E-state index >= 15 is 0 Å². The molecule has 3 aromatic carbocycles. The number of nitrogens with one attached hydrogen (secondary N) is 1. The van der Waals surface area contributed by atoms with Crippen LogP contribution in [0.2, 0.25) is 10.0 Å². The molecule has 1 atom stereocenters. The van der Waals surface area contributed by atoms with E-state index in [-0.39, 0.29) is 35.7 Å². The number of thioether (sulfide) groups is 1. The molecule has 1 aliphatic carbocycles. The highest BCUT2D eigenvalue weighted by Gasteiger charge is 2.36. The van der Waals surface area contributed by atoms with Crippen LogP contribution in [0.25, 0.3) is 0 Å². The van der Waals surface area contributed by atoms with Crippen LogP contribution in [0.3, 0.4) is 0 Å². The van der Waals surface area contributed by atoms with Crippen molar-refractivity contribution >= 4 is 62.5 Å². The van der Waals surface area contributed by atoms with Crippen LogP contribution in [0.5, 0.6) is 5.75 Å². The van der Waals surface area contributed by atoms with Crippen molar-refractivity contribution in [1.29, 1.82) is 0 Å². The first kappa shape index (κ1) is 34.9. The van der Waals surface area contributed by atoms with Gasteiger partial charge in [0.2, 0.25) is 11.8 Å². The predicted octanol–water partition coefficient (Wildman–Crippen LogP) is 7.18. The summed E-state index contributed by atoms with van der Waals surface area (Å²) in [6.07, 6.45) is 6.02. The summed E-state index contributed by atoms with van der Waals surface area (Å²) in [5.74, 6) is -0.573. The fourth-order valence-corrected chi connectivity index (χ4v) is 7.82. The minimum Gasteiger partial charge on any atom is -0.492 e. The SMILES string of the molecule is CCOc1ccccc1N(CC(=O)N(Cc1c(Cl)cccc1Cl)[C@H](CC)C(=O)NC1CCCC1)S(=O)(=O)c1ccc(SC)cc1. The van der Waals surface area contributed by atoms with E-state index in [4.69, 9.17) is 27.9 Å². The lowest BCUT2D eigenvalue weighted by Crippen LogP contribution is -2.53. The molecule has 8 nitrogen and oxygen atoms in total. The van der Waals surface area contributed by atoms with Gasteiger partial charge in [-0.15, -0.1) is 11.8 Å². The van der Waals surface area contributed by atoms with E-state index in [0.717, 1.165) is 34.9 Å². The predicted molar refractivity (Wildman–Crippen MR) is 182 cm³/mol. The van der Waals surface area contributed by atoms with Gasteiger partial charge in [-0.05, 0) is 81.0 Å². The van der Waals surface area contributed by atoms with E-state index in [1.54, 1.807) is 61.5 Å². The number of carbonyl (C=O) groups is 2. The van der Waals surface area contributed by atoms with E-state index in [9.17, 15) is 18.0 Å². The van der Waals surface area contributed by atoms with E-state index in [1.165, 1.54) is 28.8 Å². The number of rotatable bonds is 14. The van der Waals surface area contributed by atoms with Crippen LogP contribution in [0, 0.1) is 0 Å². The fourth-order valence-electron chi connectivity index (χ4n) is 5.47. The largest absolute Gasteiger partial charge is 0.492 e. The number of amides is 2. The zero-order valence-corrected chi connectivity index (χ0v) is 28.8. The van der Waals surface area contributed by atoms with Crippen LogP contribution in [-0.4, -0.2) is 56.6 Å². The second kappa shape index (κ2) is 16.1. The molecule has 0 radical (unpaired) electrons. The Kier molecular flexibility index (Phi) is 12.5. The van der Waals surface area contributed by atoms with E-state index in [2.05, 4.69) is 5.32 Å². The van der Waals surface area contributed by atoms with Crippen molar-refractivity contribution in [2.24, 2.45) is 0 Å². The van der Waals surface area contributed by atoms with Gasteiger partial charge in [-0.25, -0.2) is 8.42 Å². The molecule has 0 unspecified atom stereocenters. The molecular formula is C33H39Cl2N3O5S2. The average molecular weight is 693 g/mol. The lowest BCUT2D eigenvalue weighted by Gasteiger charge is -2.34. The van der Waals surface area contributed by atoms with E-state index in [0.29, 0.717) is 27.8 Å². The molecule has 4 rings (SSSR count). The van der Waals surface area contributed by atoms with E-state index in [1.807, 2.05) is 13.2 Å². The number of nitrogens with zero attached hydrogens (tertiary/aromatic N) is 2. The molecule has 0 saturated heterocycles. The highest BCUT2D eigenvalue weighted by molar-refractivity contribution is 7.98. The summed E-state index contributed by atoms with van der Waals surface area (Å²) in [6.45, 7) is 3.23. The van der Waals surface area contributed by atoms with Crippen LogP contribution in [-0.2, 0) is 26.2 Å². The van der Waals surface area contributed by atoms with Crippen molar-refractivity contribution in [2.75, 3.05) is 23.7 Å². The number of hydrogen-bond acceptors (Lipinski definition) is 6. The van der Waals surface area contributed by atoms with Crippen molar-refractivity contribution < 1.29 is 22.7 Å². The minimum absolute atomic E-state index is 0.0196. The Labute approximate surface area is 280 Å². The van der Waals surface area contributed by atoms with Crippen LogP contribution in [0.1, 0.15) is 51.5 Å². The number of benzene rings is 3. The van der Waals surface area contributed by atoms with Crippen LogP contribution in [0.15, 0.2) is 76.5 Å². The highest BCUT2D eigenvalue weighted by Crippen LogP contribution is 2.34. The number of para-hydroxylation sites is 2. The third kappa shape index (κ3) is 8.47. The quantitative estimate of drug-likeness (QED) is 0.180. The summed E-state index contributed by atoms with van der Waals surface area (Å²) < 4.78 is 35.4. The highest BCUT2D eigenvalue weighted by atomic mass is 35.5. The fraction of sp³-hybridized carbons (Fsp3) is 0.394. The average Bonchev–Trinajstić information content (AvgIpc) is 3.54. The Bertz CT molecular complexity index is 1560. The Hall–Kier alpha value is -2.92. The number of anilines is 1. The lowest BCUT2D eigenvalue weighted by molar-refractivity contribution is -0.140. The van der Waals surface area contributed by atoms with Crippen LogP contribution in [0.4, 0.5) is 5.69 Å². The number of hydrogen-bond donors (Lipinski definition) is 1. The first-order chi connectivity index (χ1) is 21.6. The Balaban J connectivity index is 1.78. The zero-order chi connectivity index (χ0) is 32.6. The molecular weight excluding hydrogens is 653 g/mol. The van der Waals surface area contributed by atoms with Gasteiger partial charge in [0, 0.05) is 33.1 Å². The molecule has 0 bridgehead atoms. The van der Waals surface area contributed by atoms with Gasteiger partial charge in [-0.2, -0.15) is 0 Å². The zero-order valence-electron chi connectivity index (χ0n) is 25.7. The Morgan fingerprint density at radius 1 is 0.978 bits per heavy atom. The van der Waals surface area contributed by atoms with Crippen molar-refractivity contribution in [3.63, 3.8) is 0 Å². The van der Waals surface area contributed by atoms with Gasteiger partial charge in [-0.1, -0.05) is 61.2 Å². The van der Waals surface area contributed by atoms with Gasteiger partial charge in [0.1, 0.15) is 18.3 Å². The van der Waals surface area contributed by atoms with Crippen molar-refractivity contribution in [3.05, 3.63) is 82.3 Å². The van der Waals surface area contributed by atoms with Crippen molar-refractivity contribution in [2.45, 2.75) is 74.4 Å². The summed E-state index contributed by atoms with van der Waals surface area (Å²) in [4.78, 5) is 30.4. The first-order valence-corrected chi connectivity index (χ1v) is 18.4. The summed E-state index contributed by atoms with van der Waals surface area (Å²) >= 11 is 14.6. The maximum absolute atomic E-state index is 14.5. The smallest absolute Gasteiger partial charge is 0.264 e. The van der Waals surface area contributed by atoms with Gasteiger partial charge in [0.15, 0.2) is 0 Å². The molecule has 0 heterocycles. The maximum atomic E-state index is 14.5. The number of sulfonamides is 1. The summed E-state index contributed by atoms with van der Waals surface area (Å²) in [5, 5.41) is 3.78. The summed E-state index contributed by atoms with van der Waals surface area (Å²) in [6, 6.07) is 17.3. The molecule has 3 aromatic rings. The molecule has 12 heteroatoms. The van der Waals surface area contributed by atoms with Crippen molar-refractivity contribution in [3.8, 4) is 5.75 Å². The standard InChI is InChI=1S/C33H39Cl2N3O5S2/c1-4-29(33(40)36-23-11-6-7-12-23)37(21-26-27(34)13-10-14-28(26)35)32(39)22-38(30-15-8-9-16-31(30)43-5-2)45(41,42)25-19-17-24(44-3)18-20-25/h8-10,13-20,23,29H,4-7,11-12,21-22H2,1-3H3,(H,36,40)/t29-/m1/s1. The third-order valence-corrected chi connectivity index (χ3v) is 11.1. The molecule has 242 valence electrons. The molecule has 1 aliphatic rings. The van der Waals surface area contributed by atoms with Crippen LogP contribution >= 0.6 is 35.0 Å². The van der Waals surface area contributed by atoms with Crippen LogP contribution < -0.4 is 14.4 Å². The first-order valence-electron chi connectivity index (χ1n) is 15.0. The van der Waals surface area contributed by atoms with Gasteiger partial charge in [-0.3, -0.25) is 13.9 Å². The number of ether oxygens (including phenoxy) is 1. The number of halogens is 2. The summed E-state index contributed by atoms with van der Waals surface area (Å²) in [7, 11) is -4.27. The maximum Gasteiger partial charge on any atom is 0.264 e. The summed E-state index contributed by atoms with van der Waals surface area (Å²) in [5.41, 5.74) is 0.680. The molecule has 0 aromatic heterocycles. The molecule has 45 heavy (non-hydrogen) atoms. The van der Waals surface area contributed by atoms with Gasteiger partial charge in [0.25, 0.3) is 10.0 Å². The van der Waals surface area contributed by atoms with E-state index < -0.39 is 28.5 Å². The normalized spacial score (nSPS) is 14.2. The minimum atomic E-state index is -4.27. The Morgan fingerprint density at radius 2 is 1.62 bits per heavy atom.